The first-order chi connectivity index (χ1) is 15.8. The average molecular weight is 448 g/mol. The number of anilines is 3. The molecule has 1 aromatic heterocycles. The molecule has 0 bridgehead atoms. The standard InChI is InChI=1S/C23H24N6O4/c1-4-16(14-8-6-5-7-9-14)25-18-19(22(32)28-27-21(18)31)26-17-11-13(12-24)10-15(20(17)30)23(33)29(2)3/h5-11,16,30H,4H2,1-3H3,(H2,25,28,32)(H2,26,27,31). The lowest BCUT2D eigenvalue weighted by Gasteiger charge is -2.21. The fourth-order valence-corrected chi connectivity index (χ4v) is 3.34. The van der Waals surface area contributed by atoms with E-state index in [1.807, 2.05) is 43.3 Å². The fourth-order valence-electron chi connectivity index (χ4n) is 3.34. The Bertz CT molecular complexity index is 1320. The van der Waals surface area contributed by atoms with Gasteiger partial charge in [0.2, 0.25) is 0 Å². The Morgan fingerprint density at radius 1 is 1.12 bits per heavy atom. The highest BCUT2D eigenvalue weighted by Gasteiger charge is 2.22. The van der Waals surface area contributed by atoms with Gasteiger partial charge in [-0.05, 0) is 24.1 Å². The number of carbonyl (C=O) groups is 1. The number of hydrogen-bond donors (Lipinski definition) is 5. The van der Waals surface area contributed by atoms with Crippen molar-refractivity contribution < 1.29 is 9.90 Å². The van der Waals surface area contributed by atoms with Gasteiger partial charge < -0.3 is 20.6 Å². The van der Waals surface area contributed by atoms with Crippen LogP contribution < -0.4 is 21.8 Å². The molecule has 0 aliphatic heterocycles. The van der Waals surface area contributed by atoms with Gasteiger partial charge >= 0.3 is 0 Å². The largest absolute Gasteiger partial charge is 0.505 e. The number of rotatable bonds is 7. The van der Waals surface area contributed by atoms with E-state index in [9.17, 15) is 24.8 Å². The second-order valence-corrected chi connectivity index (χ2v) is 7.53. The highest BCUT2D eigenvalue weighted by atomic mass is 16.3. The van der Waals surface area contributed by atoms with Crippen molar-refractivity contribution in [2.24, 2.45) is 0 Å². The normalized spacial score (nSPS) is 11.3. The van der Waals surface area contributed by atoms with Crippen molar-refractivity contribution in [3.63, 3.8) is 0 Å². The molecule has 0 saturated heterocycles. The summed E-state index contributed by atoms with van der Waals surface area (Å²) >= 11 is 0. The Hall–Kier alpha value is -4.52. The van der Waals surface area contributed by atoms with Gasteiger partial charge in [-0.1, -0.05) is 37.3 Å². The van der Waals surface area contributed by atoms with Gasteiger partial charge in [-0.15, -0.1) is 0 Å². The molecule has 10 heteroatoms. The van der Waals surface area contributed by atoms with E-state index >= 15 is 0 Å². The van der Waals surface area contributed by atoms with Crippen molar-refractivity contribution in [1.82, 2.24) is 15.1 Å². The zero-order valence-corrected chi connectivity index (χ0v) is 18.4. The van der Waals surface area contributed by atoms with Crippen LogP contribution >= 0.6 is 0 Å². The topological polar surface area (TPSA) is 154 Å². The molecule has 3 rings (SSSR count). The van der Waals surface area contributed by atoms with E-state index in [4.69, 9.17) is 0 Å². The van der Waals surface area contributed by atoms with E-state index < -0.39 is 22.8 Å². The molecule has 5 N–H and O–H groups in total. The van der Waals surface area contributed by atoms with E-state index in [0.29, 0.717) is 6.42 Å². The molecule has 0 spiro atoms. The Morgan fingerprint density at radius 2 is 1.76 bits per heavy atom. The monoisotopic (exact) mass is 448 g/mol. The second-order valence-electron chi connectivity index (χ2n) is 7.53. The number of benzene rings is 2. The summed E-state index contributed by atoms with van der Waals surface area (Å²) < 4.78 is 0. The Labute approximate surface area is 189 Å². The second kappa shape index (κ2) is 9.74. The molecule has 2 aromatic carbocycles. The predicted molar refractivity (Wildman–Crippen MR) is 125 cm³/mol. The first-order valence-corrected chi connectivity index (χ1v) is 10.2. The van der Waals surface area contributed by atoms with Gasteiger partial charge in [0.25, 0.3) is 17.0 Å². The van der Waals surface area contributed by atoms with Crippen LogP contribution in [0.2, 0.25) is 0 Å². The van der Waals surface area contributed by atoms with E-state index in [1.165, 1.54) is 31.1 Å². The molecule has 0 aliphatic carbocycles. The molecule has 10 nitrogen and oxygen atoms in total. The van der Waals surface area contributed by atoms with Crippen LogP contribution in [0.4, 0.5) is 17.1 Å². The average Bonchev–Trinajstić information content (AvgIpc) is 2.82. The molecule has 3 aromatic rings. The van der Waals surface area contributed by atoms with E-state index in [-0.39, 0.29) is 34.2 Å². The SMILES string of the molecule is CCC(Nc1c(Nc2cc(C#N)cc(C(=O)N(C)C)c2O)c(=O)[nH][nH]c1=O)c1ccccc1. The van der Waals surface area contributed by atoms with Crippen LogP contribution in [0.1, 0.15) is 40.9 Å². The molecule has 33 heavy (non-hydrogen) atoms. The number of phenols is 1. The van der Waals surface area contributed by atoms with Crippen LogP contribution in [0, 0.1) is 11.3 Å². The smallest absolute Gasteiger partial charge is 0.288 e. The van der Waals surface area contributed by atoms with E-state index in [2.05, 4.69) is 20.8 Å². The first-order valence-electron chi connectivity index (χ1n) is 10.2. The van der Waals surface area contributed by atoms with Crippen LogP contribution in [0.25, 0.3) is 0 Å². The lowest BCUT2D eigenvalue weighted by atomic mass is 10.0. The number of nitrogens with one attached hydrogen (secondary N) is 4. The zero-order valence-electron chi connectivity index (χ0n) is 18.4. The van der Waals surface area contributed by atoms with Crippen molar-refractivity contribution in [2.75, 3.05) is 24.7 Å². The molecule has 0 aliphatic rings. The summed E-state index contributed by atoms with van der Waals surface area (Å²) in [7, 11) is 3.01. The zero-order chi connectivity index (χ0) is 24.1. The Morgan fingerprint density at radius 3 is 2.33 bits per heavy atom. The lowest BCUT2D eigenvalue weighted by Crippen LogP contribution is -2.27. The van der Waals surface area contributed by atoms with Crippen LogP contribution in [0.3, 0.4) is 0 Å². The van der Waals surface area contributed by atoms with Crippen LogP contribution in [-0.4, -0.2) is 40.2 Å². The Balaban J connectivity index is 2.11. The maximum Gasteiger partial charge on any atom is 0.288 e. The summed E-state index contributed by atoms with van der Waals surface area (Å²) in [5.74, 6) is -0.977. The number of amides is 1. The summed E-state index contributed by atoms with van der Waals surface area (Å²) in [6, 6.07) is 13.6. The number of aromatic hydroxyl groups is 1. The Kier molecular flexibility index (Phi) is 6.83. The maximum absolute atomic E-state index is 12.6. The molecule has 1 amide bonds. The van der Waals surface area contributed by atoms with Gasteiger partial charge in [0.15, 0.2) is 5.75 Å². The summed E-state index contributed by atoms with van der Waals surface area (Å²) in [6.45, 7) is 1.93. The van der Waals surface area contributed by atoms with Crippen molar-refractivity contribution in [1.29, 1.82) is 5.26 Å². The highest BCUT2D eigenvalue weighted by Crippen LogP contribution is 2.33. The molecule has 0 radical (unpaired) electrons. The summed E-state index contributed by atoms with van der Waals surface area (Å²) in [6.07, 6.45) is 0.617. The van der Waals surface area contributed by atoms with Gasteiger partial charge in [-0.25, -0.2) is 0 Å². The van der Waals surface area contributed by atoms with Crippen molar-refractivity contribution in [2.45, 2.75) is 19.4 Å². The number of carbonyl (C=O) groups excluding carboxylic acids is 1. The van der Waals surface area contributed by atoms with Gasteiger partial charge in [0.05, 0.1) is 28.9 Å². The molecule has 1 heterocycles. The molecule has 1 atom stereocenters. The van der Waals surface area contributed by atoms with Gasteiger partial charge in [0.1, 0.15) is 11.4 Å². The van der Waals surface area contributed by atoms with E-state index in [0.717, 1.165) is 5.56 Å². The van der Waals surface area contributed by atoms with Gasteiger partial charge in [-0.3, -0.25) is 24.6 Å². The number of phenolic OH excluding ortho intramolecular Hbond substituents is 1. The molecular weight excluding hydrogens is 424 g/mol. The quantitative estimate of drug-likeness (QED) is 0.348. The summed E-state index contributed by atoms with van der Waals surface area (Å²) in [5, 5.41) is 30.5. The minimum absolute atomic E-state index is 0.0447. The third kappa shape index (κ3) is 4.88. The summed E-state index contributed by atoms with van der Waals surface area (Å²) in [5.41, 5.74) is -0.641. The molecule has 0 saturated carbocycles. The number of aromatic amines is 2. The number of H-pyrrole nitrogens is 2. The minimum atomic E-state index is -0.665. The molecular formula is C23H24N6O4. The third-order valence-corrected chi connectivity index (χ3v) is 5.06. The number of aromatic nitrogens is 2. The van der Waals surface area contributed by atoms with Crippen molar-refractivity contribution >= 4 is 23.0 Å². The minimum Gasteiger partial charge on any atom is -0.505 e. The number of nitrogens with zero attached hydrogens (tertiary/aromatic N) is 2. The highest BCUT2D eigenvalue weighted by molar-refractivity contribution is 5.99. The maximum atomic E-state index is 12.6. The van der Waals surface area contributed by atoms with Crippen LogP contribution in [-0.2, 0) is 0 Å². The van der Waals surface area contributed by atoms with Crippen molar-refractivity contribution in [3.05, 3.63) is 79.9 Å². The van der Waals surface area contributed by atoms with Crippen molar-refractivity contribution in [3.8, 4) is 11.8 Å². The fraction of sp³-hybridized carbons (Fsp3) is 0.217. The first kappa shape index (κ1) is 23.1. The molecule has 170 valence electrons. The molecule has 1 unspecified atom stereocenters. The predicted octanol–water partition coefficient (Wildman–Crippen LogP) is 2.65. The van der Waals surface area contributed by atoms with Gasteiger partial charge in [0, 0.05) is 14.1 Å². The summed E-state index contributed by atoms with van der Waals surface area (Å²) in [4.78, 5) is 39.0. The number of hydrogen-bond acceptors (Lipinski definition) is 7. The lowest BCUT2D eigenvalue weighted by molar-refractivity contribution is 0.0824. The number of nitriles is 1. The van der Waals surface area contributed by atoms with Crippen LogP contribution in [0.5, 0.6) is 5.75 Å². The molecule has 0 fully saturated rings. The van der Waals surface area contributed by atoms with E-state index in [1.54, 1.807) is 0 Å². The third-order valence-electron chi connectivity index (χ3n) is 5.06. The van der Waals surface area contributed by atoms with Gasteiger partial charge in [-0.2, -0.15) is 5.26 Å². The van der Waals surface area contributed by atoms with Crippen LogP contribution in [0.15, 0.2) is 52.1 Å².